The van der Waals surface area contributed by atoms with Gasteiger partial charge in [0.25, 0.3) is 0 Å². The van der Waals surface area contributed by atoms with E-state index < -0.39 is 12.0 Å². The molecule has 1 atom stereocenters. The van der Waals surface area contributed by atoms with Crippen molar-refractivity contribution < 1.29 is 14.3 Å². The molecule has 0 bridgehead atoms. The Morgan fingerprint density at radius 3 is 2.36 bits per heavy atom. The van der Waals surface area contributed by atoms with E-state index in [1.165, 1.54) is 11.1 Å². The second-order valence-electron chi connectivity index (χ2n) is 8.60. The Morgan fingerprint density at radius 2 is 1.70 bits per heavy atom. The van der Waals surface area contributed by atoms with Crippen LogP contribution in [0, 0.1) is 6.92 Å². The molecule has 2 aliphatic heterocycles. The molecular weight excluding hydrogens is 416 g/mol. The van der Waals surface area contributed by atoms with Crippen molar-refractivity contribution in [2.75, 3.05) is 39.3 Å². The standard InChI is InChI=1S/C26H32N4O3/c1-3-33-25(31)23-22(27-26(32)28-24(23)21-10-5-4-6-11-21)18-30-14-12-29(13-15-30)17-20-9-7-8-19(2)16-20/h4-11,16,24H,3,12-15,17-18H2,1-2H3,(H2,27,28,32). The highest BCUT2D eigenvalue weighted by Gasteiger charge is 2.34. The molecule has 0 spiro atoms. The predicted molar refractivity (Wildman–Crippen MR) is 127 cm³/mol. The van der Waals surface area contributed by atoms with Gasteiger partial charge in [-0.1, -0.05) is 60.2 Å². The summed E-state index contributed by atoms with van der Waals surface area (Å²) in [4.78, 5) is 30.1. The number of carbonyl (C=O) groups is 2. The first-order chi connectivity index (χ1) is 16.0. The van der Waals surface area contributed by atoms with Crippen LogP contribution in [0.25, 0.3) is 0 Å². The van der Waals surface area contributed by atoms with Crippen molar-refractivity contribution in [3.8, 4) is 0 Å². The van der Waals surface area contributed by atoms with Gasteiger partial charge in [0, 0.05) is 45.0 Å². The summed E-state index contributed by atoms with van der Waals surface area (Å²) in [7, 11) is 0. The fraction of sp³-hybridized carbons (Fsp3) is 0.385. The van der Waals surface area contributed by atoms with Crippen LogP contribution in [0.2, 0.25) is 0 Å². The number of nitrogens with one attached hydrogen (secondary N) is 2. The van der Waals surface area contributed by atoms with Crippen molar-refractivity contribution in [3.63, 3.8) is 0 Å². The largest absolute Gasteiger partial charge is 0.463 e. The molecule has 2 N–H and O–H groups in total. The fourth-order valence-electron chi connectivity index (χ4n) is 4.49. The number of carbonyl (C=O) groups excluding carboxylic acids is 2. The number of aryl methyl sites for hydroxylation is 1. The highest BCUT2D eigenvalue weighted by Crippen LogP contribution is 2.28. The summed E-state index contributed by atoms with van der Waals surface area (Å²) >= 11 is 0. The molecule has 33 heavy (non-hydrogen) atoms. The Kier molecular flexibility index (Phi) is 7.42. The van der Waals surface area contributed by atoms with E-state index in [4.69, 9.17) is 4.74 Å². The minimum absolute atomic E-state index is 0.280. The number of hydrogen-bond donors (Lipinski definition) is 2. The van der Waals surface area contributed by atoms with Crippen LogP contribution in [-0.2, 0) is 16.1 Å². The van der Waals surface area contributed by atoms with Crippen molar-refractivity contribution in [3.05, 3.63) is 82.6 Å². The van der Waals surface area contributed by atoms with Crippen LogP contribution in [0.5, 0.6) is 0 Å². The van der Waals surface area contributed by atoms with Crippen LogP contribution in [0.4, 0.5) is 4.79 Å². The van der Waals surface area contributed by atoms with E-state index in [-0.39, 0.29) is 12.6 Å². The molecule has 0 saturated carbocycles. The number of amides is 2. The zero-order valence-corrected chi connectivity index (χ0v) is 19.3. The molecular formula is C26H32N4O3. The number of benzene rings is 2. The maximum Gasteiger partial charge on any atom is 0.338 e. The Morgan fingerprint density at radius 1 is 1.00 bits per heavy atom. The third kappa shape index (κ3) is 5.80. The summed E-state index contributed by atoms with van der Waals surface area (Å²) in [6.45, 7) is 9.23. The van der Waals surface area contributed by atoms with Gasteiger partial charge in [-0.05, 0) is 25.0 Å². The number of hydrogen-bond acceptors (Lipinski definition) is 5. The number of piperazine rings is 1. The average molecular weight is 449 g/mol. The first-order valence-electron chi connectivity index (χ1n) is 11.6. The van der Waals surface area contributed by atoms with Crippen LogP contribution < -0.4 is 10.6 Å². The SMILES string of the molecule is CCOC(=O)C1=C(CN2CCN(Cc3cccc(C)c3)CC2)NC(=O)NC1c1ccccc1. The molecule has 2 aromatic carbocycles. The third-order valence-corrected chi connectivity index (χ3v) is 6.12. The molecule has 1 fully saturated rings. The number of nitrogens with zero attached hydrogens (tertiary/aromatic N) is 2. The van der Waals surface area contributed by atoms with Crippen molar-refractivity contribution in [2.45, 2.75) is 26.4 Å². The average Bonchev–Trinajstić information content (AvgIpc) is 2.81. The molecule has 174 valence electrons. The van der Waals surface area contributed by atoms with Gasteiger partial charge in [-0.25, -0.2) is 9.59 Å². The summed E-state index contributed by atoms with van der Waals surface area (Å²) in [6, 6.07) is 17.3. The van der Waals surface area contributed by atoms with Crippen LogP contribution >= 0.6 is 0 Å². The van der Waals surface area contributed by atoms with Crippen molar-refractivity contribution >= 4 is 12.0 Å². The summed E-state index contributed by atoms with van der Waals surface area (Å²) in [5.74, 6) is -0.396. The molecule has 1 unspecified atom stereocenters. The molecule has 2 heterocycles. The number of rotatable bonds is 7. The van der Waals surface area contributed by atoms with Crippen molar-refractivity contribution in [1.82, 2.24) is 20.4 Å². The summed E-state index contributed by atoms with van der Waals surface area (Å²) in [5, 5.41) is 5.78. The number of esters is 1. The Bertz CT molecular complexity index is 1010. The van der Waals surface area contributed by atoms with E-state index in [2.05, 4.69) is 51.6 Å². The lowest BCUT2D eigenvalue weighted by Crippen LogP contribution is -2.51. The van der Waals surface area contributed by atoms with E-state index in [1.54, 1.807) is 6.92 Å². The molecule has 0 aliphatic carbocycles. The van der Waals surface area contributed by atoms with E-state index in [9.17, 15) is 9.59 Å². The highest BCUT2D eigenvalue weighted by molar-refractivity contribution is 5.95. The Labute approximate surface area is 195 Å². The van der Waals surface area contributed by atoms with E-state index in [0.717, 1.165) is 38.3 Å². The third-order valence-electron chi connectivity index (χ3n) is 6.12. The first-order valence-corrected chi connectivity index (χ1v) is 11.6. The molecule has 2 aliphatic rings. The summed E-state index contributed by atoms with van der Waals surface area (Å²) < 4.78 is 5.37. The van der Waals surface area contributed by atoms with Gasteiger partial charge in [-0.15, -0.1) is 0 Å². The van der Waals surface area contributed by atoms with Crippen LogP contribution in [0.1, 0.15) is 29.7 Å². The normalized spacial score (nSPS) is 19.7. The van der Waals surface area contributed by atoms with E-state index in [0.29, 0.717) is 17.8 Å². The van der Waals surface area contributed by atoms with Crippen LogP contribution in [0.15, 0.2) is 65.9 Å². The number of ether oxygens (including phenoxy) is 1. The second kappa shape index (κ2) is 10.6. The van der Waals surface area contributed by atoms with Gasteiger partial charge in [0.2, 0.25) is 0 Å². The first kappa shape index (κ1) is 23.0. The zero-order valence-electron chi connectivity index (χ0n) is 19.3. The molecule has 1 saturated heterocycles. The Balaban J connectivity index is 1.48. The summed E-state index contributed by atoms with van der Waals surface area (Å²) in [5.41, 5.74) is 4.56. The van der Waals surface area contributed by atoms with Gasteiger partial charge in [-0.3, -0.25) is 9.80 Å². The van der Waals surface area contributed by atoms with E-state index in [1.807, 2.05) is 30.3 Å². The van der Waals surface area contributed by atoms with Gasteiger partial charge >= 0.3 is 12.0 Å². The van der Waals surface area contributed by atoms with Gasteiger partial charge < -0.3 is 15.4 Å². The minimum Gasteiger partial charge on any atom is -0.463 e. The van der Waals surface area contributed by atoms with Crippen LogP contribution in [0.3, 0.4) is 0 Å². The minimum atomic E-state index is -0.531. The smallest absolute Gasteiger partial charge is 0.338 e. The van der Waals surface area contributed by atoms with Gasteiger partial charge in [0.1, 0.15) is 0 Å². The van der Waals surface area contributed by atoms with Crippen molar-refractivity contribution in [2.24, 2.45) is 0 Å². The quantitative estimate of drug-likeness (QED) is 0.637. The van der Waals surface area contributed by atoms with Gasteiger partial charge in [0.05, 0.1) is 18.2 Å². The molecule has 7 heteroatoms. The summed E-state index contributed by atoms with van der Waals surface area (Å²) in [6.07, 6.45) is 0. The maximum absolute atomic E-state index is 12.9. The highest BCUT2D eigenvalue weighted by atomic mass is 16.5. The lowest BCUT2D eigenvalue weighted by atomic mass is 9.95. The Hall–Kier alpha value is -3.16. The molecule has 2 aromatic rings. The molecule has 0 aromatic heterocycles. The molecule has 4 rings (SSSR count). The topological polar surface area (TPSA) is 73.9 Å². The van der Waals surface area contributed by atoms with Gasteiger partial charge in [0.15, 0.2) is 0 Å². The zero-order chi connectivity index (χ0) is 23.2. The molecule has 7 nitrogen and oxygen atoms in total. The van der Waals surface area contributed by atoms with Crippen molar-refractivity contribution in [1.29, 1.82) is 0 Å². The van der Waals surface area contributed by atoms with Crippen LogP contribution in [-0.4, -0.2) is 61.1 Å². The monoisotopic (exact) mass is 448 g/mol. The molecule has 0 radical (unpaired) electrons. The maximum atomic E-state index is 12.9. The lowest BCUT2D eigenvalue weighted by molar-refractivity contribution is -0.139. The molecule has 2 amide bonds. The van der Waals surface area contributed by atoms with Gasteiger partial charge in [-0.2, -0.15) is 0 Å². The fourth-order valence-corrected chi connectivity index (χ4v) is 4.49. The predicted octanol–water partition coefficient (Wildman–Crippen LogP) is 2.98. The number of urea groups is 1. The van der Waals surface area contributed by atoms with E-state index >= 15 is 0 Å². The lowest BCUT2D eigenvalue weighted by Gasteiger charge is -2.37. The second-order valence-corrected chi connectivity index (χ2v) is 8.60.